The van der Waals surface area contributed by atoms with Gasteiger partial charge in [-0.05, 0) is 39.0 Å². The minimum atomic E-state index is -0.695. The molecular weight excluding hydrogens is 355 g/mol. The maximum absolute atomic E-state index is 14.2. The molecule has 0 heterocycles. The highest BCUT2D eigenvalue weighted by molar-refractivity contribution is 9.10. The quantitative estimate of drug-likeness (QED) is 0.485. The molecule has 0 radical (unpaired) electrons. The summed E-state index contributed by atoms with van der Waals surface area (Å²) in [6.45, 7) is 6.05. The van der Waals surface area contributed by atoms with Crippen molar-refractivity contribution in [3.05, 3.63) is 68.4 Å². The van der Waals surface area contributed by atoms with Gasteiger partial charge in [0.05, 0.1) is 10.6 Å². The molecule has 0 fully saturated rings. The van der Waals surface area contributed by atoms with Gasteiger partial charge in [-0.3, -0.25) is 4.79 Å². The molecule has 0 aliphatic carbocycles. The van der Waals surface area contributed by atoms with Crippen molar-refractivity contribution in [1.82, 2.24) is 0 Å². The van der Waals surface area contributed by atoms with Crippen LogP contribution in [0.25, 0.3) is 0 Å². The fourth-order valence-corrected chi connectivity index (χ4v) is 2.65. The van der Waals surface area contributed by atoms with Crippen LogP contribution in [-0.2, 0) is 5.41 Å². The average Bonchev–Trinajstić information content (AvgIpc) is 2.43. The summed E-state index contributed by atoms with van der Waals surface area (Å²) in [6.07, 6.45) is 0. The summed E-state index contributed by atoms with van der Waals surface area (Å²) in [5.74, 6) is -1.05. The van der Waals surface area contributed by atoms with Crippen LogP contribution in [0, 0.1) is 5.82 Å². The second kappa shape index (κ2) is 5.90. The van der Waals surface area contributed by atoms with Crippen LogP contribution in [-0.4, -0.2) is 5.78 Å². The summed E-state index contributed by atoms with van der Waals surface area (Å²) in [5.41, 5.74) is 1.16. The summed E-state index contributed by atoms with van der Waals surface area (Å²) in [4.78, 5) is 12.7. The normalized spacial score (nSPS) is 11.5. The third-order valence-electron chi connectivity index (χ3n) is 3.26. The van der Waals surface area contributed by atoms with Crippen molar-refractivity contribution in [3.63, 3.8) is 0 Å². The molecular formula is C17H15BrClFO. The topological polar surface area (TPSA) is 17.1 Å². The molecule has 1 nitrogen and oxygen atoms in total. The molecule has 0 saturated carbocycles. The van der Waals surface area contributed by atoms with Gasteiger partial charge in [-0.25, -0.2) is 4.39 Å². The van der Waals surface area contributed by atoms with E-state index in [1.165, 1.54) is 6.07 Å². The number of hydrogen-bond acceptors (Lipinski definition) is 1. The van der Waals surface area contributed by atoms with Crippen molar-refractivity contribution in [2.24, 2.45) is 0 Å². The molecule has 0 aromatic heterocycles. The Morgan fingerprint density at radius 3 is 2.33 bits per heavy atom. The van der Waals surface area contributed by atoms with Gasteiger partial charge in [0.15, 0.2) is 11.6 Å². The van der Waals surface area contributed by atoms with Crippen molar-refractivity contribution < 1.29 is 9.18 Å². The van der Waals surface area contributed by atoms with E-state index < -0.39 is 5.82 Å². The van der Waals surface area contributed by atoms with E-state index in [1.54, 1.807) is 18.2 Å². The molecule has 110 valence electrons. The van der Waals surface area contributed by atoms with Crippen LogP contribution in [0.2, 0.25) is 5.02 Å². The predicted molar refractivity (Wildman–Crippen MR) is 87.7 cm³/mol. The Morgan fingerprint density at radius 2 is 1.71 bits per heavy atom. The molecule has 0 unspecified atom stereocenters. The lowest BCUT2D eigenvalue weighted by Gasteiger charge is -2.22. The Hall–Kier alpha value is -1.19. The number of benzene rings is 2. The van der Waals surface area contributed by atoms with E-state index in [-0.39, 0.29) is 21.8 Å². The standard InChI is InChI=1S/C17H15BrClFO/c1-17(2,3)12-7-5-4-6-10(12)16(21)11-8-9-13(18)14(19)15(11)20/h4-9H,1-3H3. The molecule has 2 aromatic carbocycles. The van der Waals surface area contributed by atoms with Crippen molar-refractivity contribution >= 4 is 33.3 Å². The second-order valence-corrected chi connectivity index (χ2v) is 7.08. The first-order chi connectivity index (χ1) is 9.73. The van der Waals surface area contributed by atoms with Crippen LogP contribution < -0.4 is 0 Å². The molecule has 2 aromatic rings. The van der Waals surface area contributed by atoms with Gasteiger partial charge in [-0.15, -0.1) is 0 Å². The first kappa shape index (κ1) is 16.2. The predicted octanol–water partition coefficient (Wildman–Crippen LogP) is 5.77. The van der Waals surface area contributed by atoms with Gasteiger partial charge in [0, 0.05) is 10.0 Å². The van der Waals surface area contributed by atoms with Gasteiger partial charge < -0.3 is 0 Å². The zero-order valence-electron chi connectivity index (χ0n) is 12.0. The van der Waals surface area contributed by atoms with Gasteiger partial charge in [0.2, 0.25) is 0 Å². The molecule has 0 spiro atoms. The Labute approximate surface area is 137 Å². The minimum absolute atomic E-state index is 0.0140. The summed E-state index contributed by atoms with van der Waals surface area (Å²) < 4.78 is 14.7. The smallest absolute Gasteiger partial charge is 0.196 e. The lowest BCUT2D eigenvalue weighted by Crippen LogP contribution is -2.18. The van der Waals surface area contributed by atoms with E-state index in [1.807, 2.05) is 32.9 Å². The Balaban J connectivity index is 2.59. The van der Waals surface area contributed by atoms with Gasteiger partial charge in [0.1, 0.15) is 0 Å². The van der Waals surface area contributed by atoms with E-state index in [4.69, 9.17) is 11.6 Å². The van der Waals surface area contributed by atoms with Crippen molar-refractivity contribution in [1.29, 1.82) is 0 Å². The van der Waals surface area contributed by atoms with Crippen molar-refractivity contribution in [2.45, 2.75) is 26.2 Å². The molecule has 0 aliphatic rings. The highest BCUT2D eigenvalue weighted by Gasteiger charge is 2.24. The monoisotopic (exact) mass is 368 g/mol. The van der Waals surface area contributed by atoms with Crippen LogP contribution in [0.15, 0.2) is 40.9 Å². The molecule has 0 N–H and O–H groups in total. The molecule has 0 amide bonds. The maximum Gasteiger partial charge on any atom is 0.196 e. The van der Waals surface area contributed by atoms with Crippen LogP contribution in [0.3, 0.4) is 0 Å². The van der Waals surface area contributed by atoms with Gasteiger partial charge in [0.25, 0.3) is 0 Å². The number of ketones is 1. The zero-order valence-corrected chi connectivity index (χ0v) is 14.3. The molecule has 4 heteroatoms. The largest absolute Gasteiger partial charge is 0.288 e. The Bertz CT molecular complexity index is 704. The lowest BCUT2D eigenvalue weighted by molar-refractivity contribution is 0.103. The fraction of sp³-hybridized carbons (Fsp3) is 0.235. The highest BCUT2D eigenvalue weighted by atomic mass is 79.9. The third kappa shape index (κ3) is 3.19. The number of hydrogen-bond donors (Lipinski definition) is 0. The first-order valence-electron chi connectivity index (χ1n) is 6.51. The van der Waals surface area contributed by atoms with Crippen LogP contribution in [0.5, 0.6) is 0 Å². The Kier molecular flexibility index (Phi) is 4.54. The van der Waals surface area contributed by atoms with E-state index in [0.29, 0.717) is 10.0 Å². The summed E-state index contributed by atoms with van der Waals surface area (Å²) in [6, 6.07) is 10.3. The zero-order chi connectivity index (χ0) is 15.8. The number of carbonyl (C=O) groups excluding carboxylic acids is 1. The van der Waals surface area contributed by atoms with Crippen molar-refractivity contribution in [3.8, 4) is 0 Å². The van der Waals surface area contributed by atoms with Crippen LogP contribution >= 0.6 is 27.5 Å². The molecule has 0 bridgehead atoms. The fourth-order valence-electron chi connectivity index (χ4n) is 2.18. The molecule has 2 rings (SSSR count). The lowest BCUT2D eigenvalue weighted by atomic mass is 9.82. The molecule has 0 aliphatic heterocycles. The maximum atomic E-state index is 14.2. The summed E-state index contributed by atoms with van der Waals surface area (Å²) in [7, 11) is 0. The van der Waals surface area contributed by atoms with Gasteiger partial charge >= 0.3 is 0 Å². The Morgan fingerprint density at radius 1 is 1.10 bits per heavy atom. The highest BCUT2D eigenvalue weighted by Crippen LogP contribution is 2.31. The third-order valence-corrected chi connectivity index (χ3v) is 4.52. The van der Waals surface area contributed by atoms with E-state index in [0.717, 1.165) is 5.56 Å². The molecule has 21 heavy (non-hydrogen) atoms. The SMILES string of the molecule is CC(C)(C)c1ccccc1C(=O)c1ccc(Br)c(Cl)c1F. The molecule has 0 atom stereocenters. The van der Waals surface area contributed by atoms with E-state index >= 15 is 0 Å². The van der Waals surface area contributed by atoms with E-state index in [2.05, 4.69) is 15.9 Å². The minimum Gasteiger partial charge on any atom is -0.288 e. The van der Waals surface area contributed by atoms with Crippen molar-refractivity contribution in [2.75, 3.05) is 0 Å². The van der Waals surface area contributed by atoms with Crippen LogP contribution in [0.1, 0.15) is 42.3 Å². The number of carbonyl (C=O) groups is 1. The first-order valence-corrected chi connectivity index (χ1v) is 7.68. The summed E-state index contributed by atoms with van der Waals surface area (Å²) >= 11 is 9.02. The average molecular weight is 370 g/mol. The summed E-state index contributed by atoms with van der Waals surface area (Å²) in [5, 5.41) is -0.0749. The van der Waals surface area contributed by atoms with Crippen LogP contribution in [0.4, 0.5) is 4.39 Å². The van der Waals surface area contributed by atoms with Gasteiger partial charge in [-0.2, -0.15) is 0 Å². The molecule has 0 saturated heterocycles. The van der Waals surface area contributed by atoms with Gasteiger partial charge in [-0.1, -0.05) is 56.6 Å². The number of rotatable bonds is 2. The number of halogens is 3. The second-order valence-electron chi connectivity index (χ2n) is 5.85. The van der Waals surface area contributed by atoms with E-state index in [9.17, 15) is 9.18 Å².